The Bertz CT molecular complexity index is 455. The Morgan fingerprint density at radius 3 is 2.24 bits per heavy atom. The van der Waals surface area contributed by atoms with Crippen LogP contribution in [0.1, 0.15) is 10.8 Å². The van der Waals surface area contributed by atoms with Crippen LogP contribution in [-0.2, 0) is 0 Å². The molecule has 0 spiro atoms. The maximum atomic E-state index is 9.45. The molecule has 0 aromatic heterocycles. The maximum Gasteiger partial charge on any atom is 0.0594 e. The summed E-state index contributed by atoms with van der Waals surface area (Å²) in [5, 5.41) is 9.52. The average Bonchev–Trinajstić information content (AvgIpc) is 2.39. The van der Waals surface area contributed by atoms with E-state index in [1.54, 1.807) is 11.8 Å². The van der Waals surface area contributed by atoms with Crippen molar-refractivity contribution in [3.05, 3.63) is 60.2 Å². The van der Waals surface area contributed by atoms with Crippen molar-refractivity contribution in [1.82, 2.24) is 0 Å². The number of aliphatic hydroxyl groups is 1. The van der Waals surface area contributed by atoms with Gasteiger partial charge >= 0.3 is 0 Å². The summed E-state index contributed by atoms with van der Waals surface area (Å²) in [5.41, 5.74) is 7.54. The number of hydrogen-bond donors (Lipinski definition) is 2. The molecule has 2 rings (SSSR count). The standard InChI is InChI=1S/C14H15NOS/c15-12-6-8-13(9-7-12)17-14(10-16)11-4-2-1-3-5-11/h1-9,14,16H,10,15H2. The minimum Gasteiger partial charge on any atom is -0.399 e. The molecule has 0 radical (unpaired) electrons. The first-order valence-electron chi connectivity index (χ1n) is 5.47. The van der Waals surface area contributed by atoms with Crippen molar-refractivity contribution in [2.45, 2.75) is 10.1 Å². The van der Waals surface area contributed by atoms with Gasteiger partial charge in [-0.05, 0) is 29.8 Å². The molecule has 2 nitrogen and oxygen atoms in total. The van der Waals surface area contributed by atoms with Gasteiger partial charge in [-0.2, -0.15) is 0 Å². The highest BCUT2D eigenvalue weighted by molar-refractivity contribution is 7.99. The fraction of sp³-hybridized carbons (Fsp3) is 0.143. The summed E-state index contributed by atoms with van der Waals surface area (Å²) in [7, 11) is 0. The van der Waals surface area contributed by atoms with E-state index >= 15 is 0 Å². The summed E-state index contributed by atoms with van der Waals surface area (Å²) >= 11 is 1.64. The SMILES string of the molecule is Nc1ccc(SC(CO)c2ccccc2)cc1. The van der Waals surface area contributed by atoms with Crippen LogP contribution in [0.25, 0.3) is 0 Å². The first kappa shape index (κ1) is 12.0. The Morgan fingerprint density at radius 2 is 1.65 bits per heavy atom. The zero-order chi connectivity index (χ0) is 12.1. The maximum absolute atomic E-state index is 9.45. The second-order valence-corrected chi connectivity index (χ2v) is 5.04. The van der Waals surface area contributed by atoms with Crippen molar-refractivity contribution in [2.24, 2.45) is 0 Å². The second kappa shape index (κ2) is 5.75. The number of rotatable bonds is 4. The van der Waals surface area contributed by atoms with Crippen molar-refractivity contribution in [3.63, 3.8) is 0 Å². The number of aliphatic hydroxyl groups excluding tert-OH is 1. The quantitative estimate of drug-likeness (QED) is 0.642. The summed E-state index contributed by atoms with van der Waals surface area (Å²) in [6, 6.07) is 17.7. The molecule has 17 heavy (non-hydrogen) atoms. The lowest BCUT2D eigenvalue weighted by Gasteiger charge is -2.14. The Balaban J connectivity index is 2.13. The van der Waals surface area contributed by atoms with Crippen molar-refractivity contribution >= 4 is 17.4 Å². The molecule has 3 heteroatoms. The Hall–Kier alpha value is -1.45. The zero-order valence-corrected chi connectivity index (χ0v) is 10.2. The van der Waals surface area contributed by atoms with Crippen LogP contribution in [0.15, 0.2) is 59.5 Å². The molecule has 1 atom stereocenters. The molecule has 0 saturated heterocycles. The van der Waals surface area contributed by atoms with E-state index in [4.69, 9.17) is 5.73 Å². The molecule has 0 aliphatic carbocycles. The largest absolute Gasteiger partial charge is 0.399 e. The molecule has 2 aromatic rings. The zero-order valence-electron chi connectivity index (χ0n) is 9.41. The van der Waals surface area contributed by atoms with Gasteiger partial charge < -0.3 is 10.8 Å². The summed E-state index contributed by atoms with van der Waals surface area (Å²) in [4.78, 5) is 1.11. The van der Waals surface area contributed by atoms with Gasteiger partial charge in [0.2, 0.25) is 0 Å². The summed E-state index contributed by atoms with van der Waals surface area (Å²) in [6.45, 7) is 0.124. The first-order valence-corrected chi connectivity index (χ1v) is 6.35. The molecule has 1 unspecified atom stereocenters. The van der Waals surface area contributed by atoms with Gasteiger partial charge in [-0.15, -0.1) is 11.8 Å². The number of anilines is 1. The van der Waals surface area contributed by atoms with Crippen LogP contribution >= 0.6 is 11.8 Å². The molecule has 0 amide bonds. The Labute approximate surface area is 105 Å². The van der Waals surface area contributed by atoms with Crippen LogP contribution in [0.3, 0.4) is 0 Å². The minimum atomic E-state index is 0.0693. The number of hydrogen-bond acceptors (Lipinski definition) is 3. The van der Waals surface area contributed by atoms with E-state index in [1.807, 2.05) is 54.6 Å². The van der Waals surface area contributed by atoms with Crippen LogP contribution in [0.4, 0.5) is 5.69 Å². The number of benzene rings is 2. The van der Waals surface area contributed by atoms with Gasteiger partial charge in [0, 0.05) is 10.6 Å². The topological polar surface area (TPSA) is 46.2 Å². The third-order valence-corrected chi connectivity index (χ3v) is 3.75. The predicted molar refractivity (Wildman–Crippen MR) is 73.0 cm³/mol. The van der Waals surface area contributed by atoms with Crippen LogP contribution in [0.5, 0.6) is 0 Å². The van der Waals surface area contributed by atoms with E-state index < -0.39 is 0 Å². The van der Waals surface area contributed by atoms with Crippen LogP contribution < -0.4 is 5.73 Å². The fourth-order valence-corrected chi connectivity index (χ4v) is 2.58. The monoisotopic (exact) mass is 245 g/mol. The Kier molecular flexibility index (Phi) is 4.07. The summed E-state index contributed by atoms with van der Waals surface area (Å²) in [6.07, 6.45) is 0. The van der Waals surface area contributed by atoms with Crippen molar-refractivity contribution in [3.8, 4) is 0 Å². The van der Waals surface area contributed by atoms with Gasteiger partial charge in [0.1, 0.15) is 0 Å². The third kappa shape index (κ3) is 3.25. The molecule has 88 valence electrons. The molecule has 0 fully saturated rings. The van der Waals surface area contributed by atoms with E-state index in [0.717, 1.165) is 16.1 Å². The molecule has 0 saturated carbocycles. The highest BCUT2D eigenvalue weighted by Gasteiger charge is 2.11. The Morgan fingerprint density at radius 1 is 1.00 bits per heavy atom. The lowest BCUT2D eigenvalue weighted by molar-refractivity contribution is 0.296. The molecular formula is C14H15NOS. The number of thioether (sulfide) groups is 1. The van der Waals surface area contributed by atoms with Gasteiger partial charge in [0.05, 0.1) is 11.9 Å². The number of nitrogens with two attached hydrogens (primary N) is 1. The summed E-state index contributed by atoms with van der Waals surface area (Å²) < 4.78 is 0. The second-order valence-electron chi connectivity index (χ2n) is 3.77. The van der Waals surface area contributed by atoms with E-state index in [-0.39, 0.29) is 11.9 Å². The number of nitrogen functional groups attached to an aromatic ring is 1. The van der Waals surface area contributed by atoms with E-state index in [2.05, 4.69) is 0 Å². The van der Waals surface area contributed by atoms with Gasteiger partial charge in [0.25, 0.3) is 0 Å². The first-order chi connectivity index (χ1) is 8.29. The molecule has 0 aliphatic rings. The minimum absolute atomic E-state index is 0.0693. The average molecular weight is 245 g/mol. The van der Waals surface area contributed by atoms with Gasteiger partial charge in [-0.1, -0.05) is 30.3 Å². The van der Waals surface area contributed by atoms with Crippen molar-refractivity contribution < 1.29 is 5.11 Å². The molecule has 0 aliphatic heterocycles. The van der Waals surface area contributed by atoms with Crippen molar-refractivity contribution in [1.29, 1.82) is 0 Å². The molecular weight excluding hydrogens is 230 g/mol. The van der Waals surface area contributed by atoms with Crippen LogP contribution in [0, 0.1) is 0 Å². The third-order valence-electron chi connectivity index (χ3n) is 2.50. The lowest BCUT2D eigenvalue weighted by atomic mass is 10.2. The van der Waals surface area contributed by atoms with Crippen molar-refractivity contribution in [2.75, 3.05) is 12.3 Å². The fourth-order valence-electron chi connectivity index (χ4n) is 1.59. The van der Waals surface area contributed by atoms with E-state index in [0.29, 0.717) is 0 Å². The van der Waals surface area contributed by atoms with Gasteiger partial charge in [-0.3, -0.25) is 0 Å². The van der Waals surface area contributed by atoms with Gasteiger partial charge in [-0.25, -0.2) is 0 Å². The van der Waals surface area contributed by atoms with Crippen LogP contribution in [0.2, 0.25) is 0 Å². The smallest absolute Gasteiger partial charge is 0.0594 e. The summed E-state index contributed by atoms with van der Waals surface area (Å²) in [5.74, 6) is 0. The molecule has 0 bridgehead atoms. The highest BCUT2D eigenvalue weighted by atomic mass is 32.2. The van der Waals surface area contributed by atoms with E-state index in [9.17, 15) is 5.11 Å². The molecule has 0 heterocycles. The van der Waals surface area contributed by atoms with E-state index in [1.165, 1.54) is 0 Å². The molecule has 2 aromatic carbocycles. The normalized spacial score (nSPS) is 12.3. The van der Waals surface area contributed by atoms with Gasteiger partial charge in [0.15, 0.2) is 0 Å². The van der Waals surface area contributed by atoms with Crippen LogP contribution in [-0.4, -0.2) is 11.7 Å². The predicted octanol–water partition coefficient (Wildman–Crippen LogP) is 3.09. The highest BCUT2D eigenvalue weighted by Crippen LogP contribution is 2.34. The molecule has 3 N–H and O–H groups in total. The lowest BCUT2D eigenvalue weighted by Crippen LogP contribution is -1.99.